The molecule has 1 heteroatoms. The third kappa shape index (κ3) is 1.50. The van der Waals surface area contributed by atoms with Gasteiger partial charge in [-0.1, -0.05) is 42.5 Å². The van der Waals surface area contributed by atoms with Gasteiger partial charge in [0.25, 0.3) is 0 Å². The standard InChI is InChI=1S/C14H13N/c1-2-6-11(7-3-1)14-10-12-8-4-5-9-13(12)15-14/h1-4,6-8,10,15H,5,9H2. The Hall–Kier alpha value is -1.76. The number of benzene rings is 1. The van der Waals surface area contributed by atoms with Crippen molar-refractivity contribution >= 4 is 6.08 Å². The van der Waals surface area contributed by atoms with Gasteiger partial charge in [0.2, 0.25) is 0 Å². The minimum Gasteiger partial charge on any atom is -0.358 e. The summed E-state index contributed by atoms with van der Waals surface area (Å²) >= 11 is 0. The molecule has 0 radical (unpaired) electrons. The lowest BCUT2D eigenvalue weighted by molar-refractivity contribution is 0.946. The van der Waals surface area contributed by atoms with E-state index in [1.54, 1.807) is 0 Å². The lowest BCUT2D eigenvalue weighted by Gasteiger charge is -2.02. The van der Waals surface area contributed by atoms with E-state index in [-0.39, 0.29) is 0 Å². The highest BCUT2D eigenvalue weighted by molar-refractivity contribution is 5.67. The summed E-state index contributed by atoms with van der Waals surface area (Å²) in [5.41, 5.74) is 5.21. The summed E-state index contributed by atoms with van der Waals surface area (Å²) in [6.07, 6.45) is 6.74. The van der Waals surface area contributed by atoms with E-state index in [1.807, 2.05) is 6.07 Å². The van der Waals surface area contributed by atoms with E-state index in [0.717, 1.165) is 12.8 Å². The fourth-order valence-corrected chi connectivity index (χ4v) is 2.08. The summed E-state index contributed by atoms with van der Waals surface area (Å²) < 4.78 is 0. The van der Waals surface area contributed by atoms with Crippen molar-refractivity contribution in [2.75, 3.05) is 0 Å². The molecule has 0 unspecified atom stereocenters. The number of aryl methyl sites for hydroxylation is 1. The molecule has 0 saturated heterocycles. The number of nitrogens with one attached hydrogen (secondary N) is 1. The molecule has 1 heterocycles. The van der Waals surface area contributed by atoms with Crippen LogP contribution in [0.1, 0.15) is 17.7 Å². The molecule has 1 nitrogen and oxygen atoms in total. The Bertz CT molecular complexity index is 491. The molecule has 74 valence electrons. The predicted molar refractivity (Wildman–Crippen MR) is 63.6 cm³/mol. The molecule has 1 aliphatic rings. The molecule has 0 bridgehead atoms. The van der Waals surface area contributed by atoms with E-state index < -0.39 is 0 Å². The average molecular weight is 195 g/mol. The van der Waals surface area contributed by atoms with Crippen molar-refractivity contribution in [1.29, 1.82) is 0 Å². The summed E-state index contributed by atoms with van der Waals surface area (Å²) in [6.45, 7) is 0. The summed E-state index contributed by atoms with van der Waals surface area (Å²) in [6, 6.07) is 12.7. The number of hydrogen-bond acceptors (Lipinski definition) is 0. The van der Waals surface area contributed by atoms with Gasteiger partial charge in [-0.05, 0) is 30.0 Å². The maximum Gasteiger partial charge on any atom is 0.0462 e. The van der Waals surface area contributed by atoms with Gasteiger partial charge in [-0.3, -0.25) is 0 Å². The summed E-state index contributed by atoms with van der Waals surface area (Å²) in [4.78, 5) is 3.50. The van der Waals surface area contributed by atoms with E-state index in [2.05, 4.69) is 47.5 Å². The Kier molecular flexibility index (Phi) is 1.95. The Labute approximate surface area is 89.5 Å². The quantitative estimate of drug-likeness (QED) is 0.715. The molecule has 0 saturated carbocycles. The van der Waals surface area contributed by atoms with Crippen LogP contribution in [-0.2, 0) is 6.42 Å². The third-order valence-corrected chi connectivity index (χ3v) is 2.88. The van der Waals surface area contributed by atoms with Gasteiger partial charge >= 0.3 is 0 Å². The molecule has 0 aliphatic heterocycles. The van der Waals surface area contributed by atoms with Crippen LogP contribution >= 0.6 is 0 Å². The van der Waals surface area contributed by atoms with Gasteiger partial charge < -0.3 is 4.98 Å². The SMILES string of the molecule is C1=Cc2cc(-c3ccccc3)[nH]c2CC1. The Morgan fingerprint density at radius 2 is 1.93 bits per heavy atom. The predicted octanol–water partition coefficient (Wildman–Crippen LogP) is 3.64. The average Bonchev–Trinajstić information content (AvgIpc) is 2.74. The molecular formula is C14H13N. The van der Waals surface area contributed by atoms with Crippen molar-refractivity contribution in [3.63, 3.8) is 0 Å². The van der Waals surface area contributed by atoms with E-state index in [9.17, 15) is 0 Å². The summed E-state index contributed by atoms with van der Waals surface area (Å²) in [7, 11) is 0. The number of hydrogen-bond donors (Lipinski definition) is 1. The number of fused-ring (bicyclic) bond motifs is 1. The second kappa shape index (κ2) is 3.43. The molecule has 15 heavy (non-hydrogen) atoms. The molecular weight excluding hydrogens is 182 g/mol. The number of allylic oxidation sites excluding steroid dienone is 1. The highest BCUT2D eigenvalue weighted by Gasteiger charge is 2.09. The lowest BCUT2D eigenvalue weighted by atomic mass is 10.1. The normalized spacial score (nSPS) is 13.9. The summed E-state index contributed by atoms with van der Waals surface area (Å²) in [5.74, 6) is 0. The molecule has 3 rings (SSSR count). The molecule has 0 amide bonds. The van der Waals surface area contributed by atoms with Crippen LogP contribution in [0.3, 0.4) is 0 Å². The zero-order valence-electron chi connectivity index (χ0n) is 8.53. The molecule has 1 aromatic heterocycles. The van der Waals surface area contributed by atoms with Gasteiger partial charge in [0, 0.05) is 11.4 Å². The van der Waals surface area contributed by atoms with E-state index >= 15 is 0 Å². The highest BCUT2D eigenvalue weighted by atomic mass is 14.7. The molecule has 1 aliphatic carbocycles. The zero-order valence-corrected chi connectivity index (χ0v) is 8.53. The van der Waals surface area contributed by atoms with Crippen LogP contribution < -0.4 is 0 Å². The van der Waals surface area contributed by atoms with Crippen molar-refractivity contribution in [3.8, 4) is 11.3 Å². The van der Waals surface area contributed by atoms with Gasteiger partial charge in [-0.25, -0.2) is 0 Å². The summed E-state index contributed by atoms with van der Waals surface area (Å²) in [5, 5.41) is 0. The highest BCUT2D eigenvalue weighted by Crippen LogP contribution is 2.25. The van der Waals surface area contributed by atoms with E-state index in [4.69, 9.17) is 0 Å². The van der Waals surface area contributed by atoms with Crippen LogP contribution in [0.2, 0.25) is 0 Å². The first-order valence-corrected chi connectivity index (χ1v) is 5.37. The number of aromatic amines is 1. The molecule has 0 fully saturated rings. The first-order chi connectivity index (χ1) is 7.43. The molecule has 1 N–H and O–H groups in total. The van der Waals surface area contributed by atoms with Gasteiger partial charge in [-0.15, -0.1) is 0 Å². The number of rotatable bonds is 1. The fraction of sp³-hybridized carbons (Fsp3) is 0.143. The van der Waals surface area contributed by atoms with Gasteiger partial charge in [0.15, 0.2) is 0 Å². The third-order valence-electron chi connectivity index (χ3n) is 2.88. The van der Waals surface area contributed by atoms with Crippen molar-refractivity contribution in [2.45, 2.75) is 12.8 Å². The largest absolute Gasteiger partial charge is 0.358 e. The maximum atomic E-state index is 3.50. The first-order valence-electron chi connectivity index (χ1n) is 5.37. The zero-order chi connectivity index (χ0) is 10.1. The van der Waals surface area contributed by atoms with Crippen LogP contribution in [0.15, 0.2) is 42.5 Å². The van der Waals surface area contributed by atoms with Gasteiger partial charge in [0.1, 0.15) is 0 Å². The monoisotopic (exact) mass is 195 g/mol. The molecule has 0 atom stereocenters. The van der Waals surface area contributed by atoms with Crippen LogP contribution in [0.25, 0.3) is 17.3 Å². The van der Waals surface area contributed by atoms with Gasteiger partial charge in [-0.2, -0.15) is 0 Å². The van der Waals surface area contributed by atoms with Crippen LogP contribution in [-0.4, -0.2) is 4.98 Å². The Morgan fingerprint density at radius 1 is 1.07 bits per heavy atom. The second-order valence-corrected chi connectivity index (χ2v) is 3.92. The van der Waals surface area contributed by atoms with Crippen molar-refractivity contribution < 1.29 is 0 Å². The fourth-order valence-electron chi connectivity index (χ4n) is 2.08. The Morgan fingerprint density at radius 3 is 2.73 bits per heavy atom. The van der Waals surface area contributed by atoms with E-state index in [0.29, 0.717) is 0 Å². The van der Waals surface area contributed by atoms with Crippen LogP contribution in [0, 0.1) is 0 Å². The molecule has 1 aromatic carbocycles. The smallest absolute Gasteiger partial charge is 0.0462 e. The van der Waals surface area contributed by atoms with Gasteiger partial charge in [0.05, 0.1) is 0 Å². The minimum atomic E-state index is 1.14. The lowest BCUT2D eigenvalue weighted by Crippen LogP contribution is -1.90. The second-order valence-electron chi connectivity index (χ2n) is 3.92. The van der Waals surface area contributed by atoms with Crippen molar-refractivity contribution in [1.82, 2.24) is 4.98 Å². The topological polar surface area (TPSA) is 15.8 Å². The van der Waals surface area contributed by atoms with Crippen LogP contribution in [0.5, 0.6) is 0 Å². The maximum absolute atomic E-state index is 3.50. The molecule has 0 spiro atoms. The number of H-pyrrole nitrogens is 1. The Balaban J connectivity index is 2.07. The van der Waals surface area contributed by atoms with Crippen molar-refractivity contribution in [3.05, 3.63) is 53.7 Å². The molecule has 2 aromatic rings. The number of aromatic nitrogens is 1. The first kappa shape index (κ1) is 8.54. The van der Waals surface area contributed by atoms with Crippen LogP contribution in [0.4, 0.5) is 0 Å². The minimum absolute atomic E-state index is 1.14. The van der Waals surface area contributed by atoms with Crippen molar-refractivity contribution in [2.24, 2.45) is 0 Å². The van der Waals surface area contributed by atoms with E-state index in [1.165, 1.54) is 22.5 Å².